The first kappa shape index (κ1) is 18.5. The first-order valence-corrected chi connectivity index (χ1v) is 9.67. The minimum absolute atomic E-state index is 0.0204. The highest BCUT2D eigenvalue weighted by molar-refractivity contribution is 7.89. The molecular weight excluding hydrogens is 357 g/mol. The van der Waals surface area contributed by atoms with Gasteiger partial charge in [-0.25, -0.2) is 12.8 Å². The Balaban J connectivity index is 1.61. The summed E-state index contributed by atoms with van der Waals surface area (Å²) in [6.45, 7) is 2.50. The molecule has 26 heavy (non-hydrogen) atoms. The monoisotopic (exact) mass is 377 g/mol. The average molecular weight is 377 g/mol. The van der Waals surface area contributed by atoms with Crippen molar-refractivity contribution in [2.24, 2.45) is 5.73 Å². The zero-order valence-corrected chi connectivity index (χ0v) is 15.0. The number of primary amides is 1. The van der Waals surface area contributed by atoms with E-state index in [-0.39, 0.29) is 4.90 Å². The SMILES string of the molecule is NC(=O)c1ccc(CN2CCN(S(=O)(=O)c3cccc(F)c3)CC2)cc1. The Labute approximate surface area is 152 Å². The van der Waals surface area contributed by atoms with Crippen LogP contribution < -0.4 is 5.73 Å². The van der Waals surface area contributed by atoms with Gasteiger partial charge in [0.1, 0.15) is 5.82 Å². The molecule has 138 valence electrons. The largest absolute Gasteiger partial charge is 0.366 e. The molecule has 1 fully saturated rings. The van der Waals surface area contributed by atoms with Crippen LogP contribution in [0, 0.1) is 5.82 Å². The molecule has 1 heterocycles. The van der Waals surface area contributed by atoms with Gasteiger partial charge in [-0.05, 0) is 35.9 Å². The van der Waals surface area contributed by atoms with E-state index in [4.69, 9.17) is 5.73 Å². The fourth-order valence-electron chi connectivity index (χ4n) is 2.94. The van der Waals surface area contributed by atoms with Gasteiger partial charge in [0.15, 0.2) is 0 Å². The topological polar surface area (TPSA) is 83.7 Å². The van der Waals surface area contributed by atoms with E-state index in [1.54, 1.807) is 12.1 Å². The molecule has 1 aliphatic rings. The molecule has 1 saturated heterocycles. The van der Waals surface area contributed by atoms with Gasteiger partial charge in [-0.3, -0.25) is 9.69 Å². The standard InChI is InChI=1S/C18H20FN3O3S/c19-16-2-1-3-17(12-16)26(24,25)22-10-8-21(9-11-22)13-14-4-6-15(7-5-14)18(20)23/h1-7,12H,8-11,13H2,(H2,20,23). The van der Waals surface area contributed by atoms with Gasteiger partial charge >= 0.3 is 0 Å². The summed E-state index contributed by atoms with van der Waals surface area (Å²) >= 11 is 0. The van der Waals surface area contributed by atoms with Crippen LogP contribution in [0.4, 0.5) is 4.39 Å². The molecular formula is C18H20FN3O3S. The predicted molar refractivity (Wildman–Crippen MR) is 95.4 cm³/mol. The number of carbonyl (C=O) groups excluding carboxylic acids is 1. The van der Waals surface area contributed by atoms with Crippen molar-refractivity contribution in [3.63, 3.8) is 0 Å². The fraction of sp³-hybridized carbons (Fsp3) is 0.278. The van der Waals surface area contributed by atoms with Crippen LogP contribution in [0.5, 0.6) is 0 Å². The lowest BCUT2D eigenvalue weighted by molar-refractivity contribution is 0.1000. The van der Waals surface area contributed by atoms with Crippen molar-refractivity contribution >= 4 is 15.9 Å². The summed E-state index contributed by atoms with van der Waals surface area (Å²) in [6, 6.07) is 12.1. The highest BCUT2D eigenvalue weighted by Crippen LogP contribution is 2.19. The Morgan fingerprint density at radius 1 is 1.04 bits per heavy atom. The van der Waals surface area contributed by atoms with Crippen molar-refractivity contribution in [1.29, 1.82) is 0 Å². The fourth-order valence-corrected chi connectivity index (χ4v) is 4.39. The lowest BCUT2D eigenvalue weighted by atomic mass is 10.1. The molecule has 0 spiro atoms. The molecule has 3 rings (SSSR count). The number of hydrogen-bond acceptors (Lipinski definition) is 4. The molecule has 1 amide bonds. The van der Waals surface area contributed by atoms with Crippen LogP contribution in [-0.4, -0.2) is 49.7 Å². The maximum atomic E-state index is 13.3. The Morgan fingerprint density at radius 2 is 1.69 bits per heavy atom. The maximum Gasteiger partial charge on any atom is 0.248 e. The minimum atomic E-state index is -3.68. The number of amides is 1. The van der Waals surface area contributed by atoms with E-state index in [1.807, 2.05) is 12.1 Å². The summed E-state index contributed by atoms with van der Waals surface area (Å²) in [6.07, 6.45) is 0. The lowest BCUT2D eigenvalue weighted by Gasteiger charge is -2.34. The van der Waals surface area contributed by atoms with E-state index in [0.29, 0.717) is 38.3 Å². The second-order valence-electron chi connectivity index (χ2n) is 6.20. The maximum absolute atomic E-state index is 13.3. The average Bonchev–Trinajstić information content (AvgIpc) is 2.62. The molecule has 1 aliphatic heterocycles. The third kappa shape index (κ3) is 4.09. The van der Waals surface area contributed by atoms with Gasteiger partial charge in [0.2, 0.25) is 15.9 Å². The number of piperazine rings is 1. The van der Waals surface area contributed by atoms with Crippen LogP contribution >= 0.6 is 0 Å². The number of nitrogens with zero attached hydrogens (tertiary/aromatic N) is 2. The van der Waals surface area contributed by atoms with E-state index >= 15 is 0 Å². The van der Waals surface area contributed by atoms with Crippen LogP contribution in [0.3, 0.4) is 0 Å². The third-order valence-corrected chi connectivity index (χ3v) is 6.30. The van der Waals surface area contributed by atoms with Crippen LogP contribution in [0.25, 0.3) is 0 Å². The van der Waals surface area contributed by atoms with Crippen LogP contribution in [0.2, 0.25) is 0 Å². The predicted octanol–water partition coefficient (Wildman–Crippen LogP) is 1.43. The molecule has 2 aromatic rings. The highest BCUT2D eigenvalue weighted by Gasteiger charge is 2.28. The molecule has 2 aromatic carbocycles. The molecule has 0 unspecified atom stereocenters. The van der Waals surface area contributed by atoms with Gasteiger partial charge in [-0.15, -0.1) is 0 Å². The van der Waals surface area contributed by atoms with Gasteiger partial charge in [0.05, 0.1) is 4.90 Å². The Morgan fingerprint density at radius 3 is 2.27 bits per heavy atom. The third-order valence-electron chi connectivity index (χ3n) is 4.41. The van der Waals surface area contributed by atoms with Gasteiger partial charge in [-0.1, -0.05) is 18.2 Å². The second kappa shape index (κ2) is 7.53. The summed E-state index contributed by atoms with van der Waals surface area (Å²) in [4.78, 5) is 13.2. The van der Waals surface area contributed by atoms with Gasteiger partial charge < -0.3 is 5.73 Å². The van der Waals surface area contributed by atoms with Crippen LogP contribution in [0.15, 0.2) is 53.4 Å². The Bertz CT molecular complexity index is 892. The number of nitrogens with two attached hydrogens (primary N) is 1. The quantitative estimate of drug-likeness (QED) is 0.854. The van der Waals surface area contributed by atoms with Crippen molar-refractivity contribution in [2.45, 2.75) is 11.4 Å². The van der Waals surface area contributed by atoms with E-state index < -0.39 is 21.7 Å². The molecule has 0 atom stereocenters. The molecule has 8 heteroatoms. The van der Waals surface area contributed by atoms with E-state index in [9.17, 15) is 17.6 Å². The van der Waals surface area contributed by atoms with E-state index in [1.165, 1.54) is 22.5 Å². The number of sulfonamides is 1. The molecule has 0 radical (unpaired) electrons. The number of hydrogen-bond donors (Lipinski definition) is 1. The van der Waals surface area contributed by atoms with Crippen molar-refractivity contribution in [1.82, 2.24) is 9.21 Å². The molecule has 2 N–H and O–H groups in total. The van der Waals surface area contributed by atoms with Crippen molar-refractivity contribution in [2.75, 3.05) is 26.2 Å². The zero-order chi connectivity index (χ0) is 18.7. The number of benzene rings is 2. The number of halogens is 1. The van der Waals surface area contributed by atoms with Gasteiger partial charge in [0, 0.05) is 38.3 Å². The van der Waals surface area contributed by atoms with E-state index in [0.717, 1.165) is 11.6 Å². The smallest absolute Gasteiger partial charge is 0.248 e. The first-order valence-electron chi connectivity index (χ1n) is 8.23. The van der Waals surface area contributed by atoms with Crippen molar-refractivity contribution < 1.29 is 17.6 Å². The summed E-state index contributed by atoms with van der Waals surface area (Å²) < 4.78 is 39.9. The normalized spacial score (nSPS) is 16.5. The van der Waals surface area contributed by atoms with Crippen LogP contribution in [0.1, 0.15) is 15.9 Å². The number of rotatable bonds is 5. The molecule has 0 saturated carbocycles. The first-order chi connectivity index (χ1) is 12.4. The second-order valence-corrected chi connectivity index (χ2v) is 8.14. The summed E-state index contributed by atoms with van der Waals surface area (Å²) in [7, 11) is -3.68. The molecule has 0 aliphatic carbocycles. The Hall–Kier alpha value is -2.29. The summed E-state index contributed by atoms with van der Waals surface area (Å²) in [5, 5.41) is 0. The van der Waals surface area contributed by atoms with Crippen LogP contribution in [-0.2, 0) is 16.6 Å². The minimum Gasteiger partial charge on any atom is -0.366 e. The van der Waals surface area contributed by atoms with Crippen molar-refractivity contribution in [3.05, 3.63) is 65.5 Å². The molecule has 0 bridgehead atoms. The zero-order valence-electron chi connectivity index (χ0n) is 14.1. The summed E-state index contributed by atoms with van der Waals surface area (Å²) in [5.74, 6) is -1.03. The van der Waals surface area contributed by atoms with Gasteiger partial charge in [-0.2, -0.15) is 4.31 Å². The number of carbonyl (C=O) groups is 1. The van der Waals surface area contributed by atoms with E-state index in [2.05, 4.69) is 4.90 Å². The van der Waals surface area contributed by atoms with Gasteiger partial charge in [0.25, 0.3) is 0 Å². The highest BCUT2D eigenvalue weighted by atomic mass is 32.2. The summed E-state index contributed by atoms with van der Waals surface area (Å²) in [5.41, 5.74) is 6.71. The Kier molecular flexibility index (Phi) is 5.36. The molecule has 0 aromatic heterocycles. The molecule has 6 nitrogen and oxygen atoms in total. The van der Waals surface area contributed by atoms with Crippen molar-refractivity contribution in [3.8, 4) is 0 Å². The lowest BCUT2D eigenvalue weighted by Crippen LogP contribution is -2.48.